The van der Waals surface area contributed by atoms with Crippen molar-refractivity contribution in [3.05, 3.63) is 34.1 Å². The molecule has 1 atom stereocenters. The predicted molar refractivity (Wildman–Crippen MR) is 65.0 cm³/mol. The lowest BCUT2D eigenvalue weighted by molar-refractivity contribution is -0.254. The van der Waals surface area contributed by atoms with E-state index >= 15 is 0 Å². The van der Waals surface area contributed by atoms with E-state index in [2.05, 4.69) is 15.9 Å². The highest BCUT2D eigenvalue weighted by atomic mass is 79.9. The summed E-state index contributed by atoms with van der Waals surface area (Å²) >= 11 is 3.17. The molecule has 0 bridgehead atoms. The number of nitrogens with zero attached hydrogens (tertiary/aromatic N) is 1. The van der Waals surface area contributed by atoms with E-state index in [1.807, 2.05) is 0 Å². The minimum Gasteiger partial charge on any atom is -0.379 e. The van der Waals surface area contributed by atoms with Gasteiger partial charge in [0.15, 0.2) is 5.60 Å². The molecule has 1 heterocycles. The number of hydrogen-bond donors (Lipinski definition) is 1. The highest BCUT2D eigenvalue weighted by molar-refractivity contribution is 9.10. The quantitative estimate of drug-likeness (QED) is 0.835. The molecule has 1 fully saturated rings. The second kappa shape index (κ2) is 5.03. The summed E-state index contributed by atoms with van der Waals surface area (Å²) in [5.74, 6) is -0.413. The normalized spacial score (nSPS) is 24.9. The molecule has 106 valence electrons. The van der Waals surface area contributed by atoms with Gasteiger partial charge in [0.2, 0.25) is 0 Å². The topological polar surface area (TPSA) is 23.5 Å². The van der Waals surface area contributed by atoms with E-state index in [4.69, 9.17) is 0 Å². The number of rotatable bonds is 2. The number of aliphatic hydroxyl groups is 1. The molecule has 2 rings (SSSR count). The lowest BCUT2D eigenvalue weighted by atomic mass is 10.0. The molecule has 7 heteroatoms. The number of halogens is 5. The predicted octanol–water partition coefficient (Wildman–Crippen LogP) is 3.09. The van der Waals surface area contributed by atoms with E-state index in [0.29, 0.717) is 10.0 Å². The van der Waals surface area contributed by atoms with Gasteiger partial charge in [-0.2, -0.15) is 13.2 Å². The number of likely N-dealkylation sites (tertiary alicyclic amines) is 1. The summed E-state index contributed by atoms with van der Waals surface area (Å²) in [5, 5.41) is 9.55. The zero-order chi connectivity index (χ0) is 14.3. The van der Waals surface area contributed by atoms with Gasteiger partial charge in [-0.05, 0) is 24.1 Å². The van der Waals surface area contributed by atoms with E-state index in [1.54, 1.807) is 0 Å². The fourth-order valence-electron chi connectivity index (χ4n) is 2.13. The smallest absolute Gasteiger partial charge is 0.379 e. The van der Waals surface area contributed by atoms with Crippen LogP contribution in [0.5, 0.6) is 0 Å². The van der Waals surface area contributed by atoms with Crippen LogP contribution < -0.4 is 0 Å². The highest BCUT2D eigenvalue weighted by Gasteiger charge is 2.56. The maximum atomic E-state index is 12.9. The van der Waals surface area contributed by atoms with Crippen LogP contribution in [0.2, 0.25) is 0 Å². The van der Waals surface area contributed by atoms with Crippen LogP contribution >= 0.6 is 15.9 Å². The number of benzene rings is 1. The Kier molecular flexibility index (Phi) is 3.90. The highest BCUT2D eigenvalue weighted by Crippen LogP contribution is 2.38. The summed E-state index contributed by atoms with van der Waals surface area (Å²) in [7, 11) is 0. The fraction of sp³-hybridized carbons (Fsp3) is 0.500. The Morgan fingerprint density at radius 3 is 2.58 bits per heavy atom. The average Bonchev–Trinajstić information content (AvgIpc) is 2.65. The van der Waals surface area contributed by atoms with Gasteiger partial charge in [0.1, 0.15) is 5.82 Å². The first kappa shape index (κ1) is 14.7. The minimum atomic E-state index is -4.62. The Hall–Kier alpha value is -0.660. The monoisotopic (exact) mass is 341 g/mol. The molecule has 1 aliphatic rings. The number of alkyl halides is 3. The van der Waals surface area contributed by atoms with Crippen LogP contribution in [-0.2, 0) is 6.54 Å². The molecule has 0 aromatic heterocycles. The van der Waals surface area contributed by atoms with Gasteiger partial charge in [-0.25, -0.2) is 4.39 Å². The van der Waals surface area contributed by atoms with Gasteiger partial charge in [0.25, 0.3) is 0 Å². The van der Waals surface area contributed by atoms with E-state index in [9.17, 15) is 22.7 Å². The van der Waals surface area contributed by atoms with Crippen molar-refractivity contribution in [1.29, 1.82) is 0 Å². The van der Waals surface area contributed by atoms with Gasteiger partial charge >= 0.3 is 6.18 Å². The molecule has 0 saturated carbocycles. The number of β-amino-alcohol motifs (C(OH)–C–C–N with tert-alkyl or cyclic N) is 1. The van der Waals surface area contributed by atoms with Crippen molar-refractivity contribution in [3.63, 3.8) is 0 Å². The second-order valence-electron chi connectivity index (χ2n) is 4.73. The second-order valence-corrected chi connectivity index (χ2v) is 5.58. The van der Waals surface area contributed by atoms with Crippen LogP contribution in [-0.4, -0.2) is 34.9 Å². The van der Waals surface area contributed by atoms with Gasteiger partial charge in [0, 0.05) is 24.1 Å². The van der Waals surface area contributed by atoms with Crippen molar-refractivity contribution >= 4 is 15.9 Å². The molecule has 1 aromatic carbocycles. The van der Waals surface area contributed by atoms with E-state index < -0.39 is 24.1 Å². The molecule has 19 heavy (non-hydrogen) atoms. The van der Waals surface area contributed by atoms with Crippen molar-refractivity contribution in [2.45, 2.75) is 24.7 Å². The van der Waals surface area contributed by atoms with Crippen LogP contribution in [0.25, 0.3) is 0 Å². The number of hydrogen-bond acceptors (Lipinski definition) is 2. The standard InChI is InChI=1S/C12H12BrF4NO/c13-10-5-9(14)2-1-8(10)6-18-4-3-11(19,7-18)12(15,16)17/h1-2,5,19H,3-4,6-7H2. The van der Waals surface area contributed by atoms with Crippen LogP contribution in [0.3, 0.4) is 0 Å². The fourth-order valence-corrected chi connectivity index (χ4v) is 2.60. The molecule has 0 amide bonds. The summed E-state index contributed by atoms with van der Waals surface area (Å²) in [6.07, 6.45) is -4.96. The van der Waals surface area contributed by atoms with Crippen molar-refractivity contribution in [1.82, 2.24) is 4.90 Å². The van der Waals surface area contributed by atoms with Gasteiger partial charge in [-0.15, -0.1) is 0 Å². The molecular formula is C12H12BrF4NO. The van der Waals surface area contributed by atoms with Gasteiger partial charge in [-0.3, -0.25) is 4.90 Å². The maximum Gasteiger partial charge on any atom is 0.418 e. The van der Waals surface area contributed by atoms with E-state index in [0.717, 1.165) is 0 Å². The molecule has 0 aliphatic carbocycles. The maximum absolute atomic E-state index is 12.9. The largest absolute Gasteiger partial charge is 0.418 e. The molecule has 0 radical (unpaired) electrons. The van der Waals surface area contributed by atoms with Crippen LogP contribution in [0.15, 0.2) is 22.7 Å². The molecule has 1 N–H and O–H groups in total. The molecule has 1 aliphatic heterocycles. The molecule has 0 spiro atoms. The molecule has 2 nitrogen and oxygen atoms in total. The van der Waals surface area contributed by atoms with Crippen LogP contribution in [0.1, 0.15) is 12.0 Å². The minimum absolute atomic E-state index is 0.153. The summed E-state index contributed by atoms with van der Waals surface area (Å²) in [4.78, 5) is 1.51. The molecule has 1 saturated heterocycles. The molecular weight excluding hydrogens is 330 g/mol. The first-order valence-electron chi connectivity index (χ1n) is 5.67. The summed E-state index contributed by atoms with van der Waals surface area (Å²) < 4.78 is 51.4. The summed E-state index contributed by atoms with van der Waals surface area (Å²) in [6, 6.07) is 4.04. The SMILES string of the molecule is OC1(C(F)(F)F)CCN(Cc2ccc(F)cc2Br)C1. The van der Waals surface area contributed by atoms with Gasteiger partial charge in [-0.1, -0.05) is 22.0 Å². The van der Waals surface area contributed by atoms with Gasteiger partial charge in [0.05, 0.1) is 0 Å². The first-order chi connectivity index (χ1) is 8.71. The summed E-state index contributed by atoms with van der Waals surface area (Å²) in [6.45, 7) is -0.0700. The van der Waals surface area contributed by atoms with E-state index in [-0.39, 0.29) is 19.5 Å². The lowest BCUT2D eigenvalue weighted by Crippen LogP contribution is -2.47. The van der Waals surface area contributed by atoms with E-state index in [1.165, 1.54) is 23.1 Å². The Morgan fingerprint density at radius 1 is 1.37 bits per heavy atom. The third-order valence-corrected chi connectivity index (χ3v) is 4.00. The third-order valence-electron chi connectivity index (χ3n) is 3.26. The van der Waals surface area contributed by atoms with Crippen molar-refractivity contribution < 1.29 is 22.7 Å². The van der Waals surface area contributed by atoms with Gasteiger partial charge < -0.3 is 5.11 Å². The van der Waals surface area contributed by atoms with Crippen LogP contribution in [0.4, 0.5) is 17.6 Å². The average molecular weight is 342 g/mol. The molecule has 1 unspecified atom stereocenters. The third kappa shape index (κ3) is 3.09. The zero-order valence-electron chi connectivity index (χ0n) is 9.84. The Bertz CT molecular complexity index is 479. The lowest BCUT2D eigenvalue weighted by Gasteiger charge is -2.26. The van der Waals surface area contributed by atoms with Crippen LogP contribution in [0, 0.1) is 5.82 Å². The summed E-state index contributed by atoms with van der Waals surface area (Å²) in [5.41, 5.74) is -1.95. The zero-order valence-corrected chi connectivity index (χ0v) is 11.4. The molecule has 1 aromatic rings. The Balaban J connectivity index is 2.07. The van der Waals surface area contributed by atoms with Crippen molar-refractivity contribution in [2.24, 2.45) is 0 Å². The Morgan fingerprint density at radius 2 is 2.05 bits per heavy atom. The van der Waals surface area contributed by atoms with Crippen molar-refractivity contribution in [2.75, 3.05) is 13.1 Å². The van der Waals surface area contributed by atoms with Crippen molar-refractivity contribution in [3.8, 4) is 0 Å². The first-order valence-corrected chi connectivity index (χ1v) is 6.46. The Labute approximate surface area is 116 Å².